The third-order valence-electron chi connectivity index (χ3n) is 6.32. The largest absolute Gasteiger partial charge is 0.493 e. The van der Waals surface area contributed by atoms with Crippen molar-refractivity contribution in [1.82, 2.24) is 19.8 Å². The zero-order chi connectivity index (χ0) is 24.9. The second-order valence-corrected chi connectivity index (χ2v) is 8.70. The number of methoxy groups -OCH3 is 1. The molecule has 35 heavy (non-hydrogen) atoms. The van der Waals surface area contributed by atoms with E-state index in [2.05, 4.69) is 10.6 Å². The highest BCUT2D eigenvalue weighted by Crippen LogP contribution is 2.28. The van der Waals surface area contributed by atoms with Crippen molar-refractivity contribution in [3.8, 4) is 11.5 Å². The van der Waals surface area contributed by atoms with E-state index in [1.54, 1.807) is 29.9 Å². The zero-order valence-corrected chi connectivity index (χ0v) is 20.4. The van der Waals surface area contributed by atoms with Crippen molar-refractivity contribution in [3.05, 3.63) is 68.4 Å². The number of carbonyl (C=O) groups excluding carboxylic acids is 1. The van der Waals surface area contributed by atoms with Crippen molar-refractivity contribution in [2.75, 3.05) is 26.8 Å². The SMILES string of the molecule is CCOc1cc(Cn2c(=O)c3cc(CNC(C)=O)ccc3n(C3CCNCC3)c2=O)ccc1OC. The Morgan fingerprint density at radius 2 is 1.83 bits per heavy atom. The van der Waals surface area contributed by atoms with Crippen LogP contribution < -0.4 is 31.4 Å². The van der Waals surface area contributed by atoms with Gasteiger partial charge in [-0.1, -0.05) is 12.1 Å². The number of amides is 1. The summed E-state index contributed by atoms with van der Waals surface area (Å²) in [6.07, 6.45) is 1.61. The summed E-state index contributed by atoms with van der Waals surface area (Å²) < 4.78 is 14.1. The van der Waals surface area contributed by atoms with Crippen LogP contribution in [-0.2, 0) is 17.9 Å². The number of piperidine rings is 1. The first-order valence-corrected chi connectivity index (χ1v) is 12.0. The molecule has 2 aromatic carbocycles. The van der Waals surface area contributed by atoms with Crippen molar-refractivity contribution in [2.24, 2.45) is 0 Å². The summed E-state index contributed by atoms with van der Waals surface area (Å²) >= 11 is 0. The number of carbonyl (C=O) groups is 1. The van der Waals surface area contributed by atoms with E-state index in [4.69, 9.17) is 9.47 Å². The van der Waals surface area contributed by atoms with E-state index in [1.165, 1.54) is 11.5 Å². The van der Waals surface area contributed by atoms with E-state index in [9.17, 15) is 14.4 Å². The second kappa shape index (κ2) is 10.8. The molecule has 0 radical (unpaired) electrons. The van der Waals surface area contributed by atoms with Gasteiger partial charge in [-0.3, -0.25) is 18.7 Å². The van der Waals surface area contributed by atoms with Crippen molar-refractivity contribution in [3.63, 3.8) is 0 Å². The highest BCUT2D eigenvalue weighted by molar-refractivity contribution is 5.79. The average Bonchev–Trinajstić information content (AvgIpc) is 2.86. The summed E-state index contributed by atoms with van der Waals surface area (Å²) in [4.78, 5) is 38.7. The normalized spacial score (nSPS) is 14.1. The lowest BCUT2D eigenvalue weighted by Crippen LogP contribution is -2.43. The quantitative estimate of drug-likeness (QED) is 0.512. The van der Waals surface area contributed by atoms with E-state index in [0.29, 0.717) is 35.6 Å². The van der Waals surface area contributed by atoms with Gasteiger partial charge in [-0.15, -0.1) is 0 Å². The van der Waals surface area contributed by atoms with Gasteiger partial charge in [0.2, 0.25) is 5.91 Å². The van der Waals surface area contributed by atoms with E-state index in [-0.39, 0.29) is 29.7 Å². The summed E-state index contributed by atoms with van der Waals surface area (Å²) in [6, 6.07) is 10.9. The number of hydrogen-bond donors (Lipinski definition) is 2. The number of rotatable bonds is 8. The smallest absolute Gasteiger partial charge is 0.332 e. The highest BCUT2D eigenvalue weighted by Gasteiger charge is 2.22. The number of aromatic nitrogens is 2. The highest BCUT2D eigenvalue weighted by atomic mass is 16.5. The first kappa shape index (κ1) is 24.5. The maximum absolute atomic E-state index is 13.7. The number of nitrogens with one attached hydrogen (secondary N) is 2. The van der Waals surface area contributed by atoms with Gasteiger partial charge in [-0.2, -0.15) is 0 Å². The van der Waals surface area contributed by atoms with Crippen molar-refractivity contribution in [2.45, 2.75) is 45.8 Å². The van der Waals surface area contributed by atoms with Gasteiger partial charge in [0.05, 0.1) is 31.2 Å². The van der Waals surface area contributed by atoms with Gasteiger partial charge >= 0.3 is 5.69 Å². The molecule has 0 unspecified atom stereocenters. The minimum absolute atomic E-state index is 0.00542. The molecule has 4 rings (SSSR count). The van der Waals surface area contributed by atoms with E-state index in [1.807, 2.05) is 25.1 Å². The Morgan fingerprint density at radius 1 is 1.09 bits per heavy atom. The Hall–Kier alpha value is -3.59. The Morgan fingerprint density at radius 3 is 2.51 bits per heavy atom. The van der Waals surface area contributed by atoms with E-state index < -0.39 is 0 Å². The average molecular weight is 481 g/mol. The lowest BCUT2D eigenvalue weighted by Gasteiger charge is -2.27. The Balaban J connectivity index is 1.85. The maximum Gasteiger partial charge on any atom is 0.332 e. The van der Waals surface area contributed by atoms with Crippen LogP contribution in [0.15, 0.2) is 46.0 Å². The van der Waals surface area contributed by atoms with Crippen LogP contribution in [0, 0.1) is 0 Å². The van der Waals surface area contributed by atoms with Crippen molar-refractivity contribution >= 4 is 16.8 Å². The van der Waals surface area contributed by atoms with Crippen LogP contribution in [0.2, 0.25) is 0 Å². The molecule has 9 nitrogen and oxygen atoms in total. The van der Waals surface area contributed by atoms with Gasteiger partial charge < -0.3 is 20.1 Å². The predicted octanol–water partition coefficient (Wildman–Crippen LogP) is 2.18. The topological polar surface area (TPSA) is 104 Å². The molecule has 1 saturated heterocycles. The molecule has 2 heterocycles. The van der Waals surface area contributed by atoms with Crippen LogP contribution in [0.25, 0.3) is 10.9 Å². The molecule has 186 valence electrons. The maximum atomic E-state index is 13.7. The van der Waals surface area contributed by atoms with E-state index >= 15 is 0 Å². The monoisotopic (exact) mass is 480 g/mol. The summed E-state index contributed by atoms with van der Waals surface area (Å²) in [7, 11) is 1.57. The Bertz CT molecular complexity index is 1340. The fourth-order valence-corrected chi connectivity index (χ4v) is 4.59. The molecule has 0 saturated carbocycles. The van der Waals surface area contributed by atoms with Gasteiger partial charge in [0.1, 0.15) is 0 Å². The second-order valence-electron chi connectivity index (χ2n) is 8.70. The van der Waals surface area contributed by atoms with E-state index in [0.717, 1.165) is 37.1 Å². The fourth-order valence-electron chi connectivity index (χ4n) is 4.59. The predicted molar refractivity (Wildman–Crippen MR) is 134 cm³/mol. The van der Waals surface area contributed by atoms with Crippen molar-refractivity contribution in [1.29, 1.82) is 0 Å². The zero-order valence-electron chi connectivity index (χ0n) is 20.4. The number of ether oxygens (including phenoxy) is 2. The molecule has 1 aliphatic heterocycles. The van der Waals surface area contributed by atoms with Crippen LogP contribution in [-0.4, -0.2) is 41.8 Å². The van der Waals surface area contributed by atoms with Gasteiger partial charge in [0, 0.05) is 19.5 Å². The number of hydrogen-bond acceptors (Lipinski definition) is 6. The summed E-state index contributed by atoms with van der Waals surface area (Å²) in [6.45, 7) is 5.86. The molecule has 1 aromatic heterocycles. The van der Waals surface area contributed by atoms with Gasteiger partial charge in [0.15, 0.2) is 11.5 Å². The minimum Gasteiger partial charge on any atom is -0.493 e. The molecule has 0 atom stereocenters. The Labute approximate surface area is 203 Å². The summed E-state index contributed by atoms with van der Waals surface area (Å²) in [5.41, 5.74) is 1.51. The Kier molecular flexibility index (Phi) is 7.55. The molecule has 9 heteroatoms. The molecular formula is C26H32N4O5. The third-order valence-corrected chi connectivity index (χ3v) is 6.32. The van der Waals surface area contributed by atoms with Crippen molar-refractivity contribution < 1.29 is 14.3 Å². The third kappa shape index (κ3) is 5.24. The standard InChI is InChI=1S/C26H32N4O5/c1-4-35-24-14-19(6-8-23(24)34-3)16-29-25(32)21-13-18(15-28-17(2)31)5-7-22(21)30(26(29)33)20-9-11-27-12-10-20/h5-8,13-14,20,27H,4,9-12,15-16H2,1-3H3,(H,28,31). The lowest BCUT2D eigenvalue weighted by atomic mass is 10.0. The summed E-state index contributed by atoms with van der Waals surface area (Å²) in [5.74, 6) is 1.01. The minimum atomic E-state index is -0.353. The molecule has 1 aliphatic rings. The van der Waals surface area contributed by atoms with Gasteiger partial charge in [0.25, 0.3) is 5.56 Å². The van der Waals surface area contributed by atoms with Crippen LogP contribution in [0.5, 0.6) is 11.5 Å². The number of fused-ring (bicyclic) bond motifs is 1. The molecule has 2 N–H and O–H groups in total. The summed E-state index contributed by atoms with van der Waals surface area (Å²) in [5, 5.41) is 6.56. The van der Waals surface area contributed by atoms with Crippen LogP contribution >= 0.6 is 0 Å². The molecule has 0 bridgehead atoms. The van der Waals surface area contributed by atoms with Gasteiger partial charge in [-0.05, 0) is 68.2 Å². The first-order chi connectivity index (χ1) is 16.9. The molecule has 1 amide bonds. The van der Waals surface area contributed by atoms with Crippen LogP contribution in [0.4, 0.5) is 0 Å². The first-order valence-electron chi connectivity index (χ1n) is 12.0. The van der Waals surface area contributed by atoms with Crippen LogP contribution in [0.3, 0.4) is 0 Å². The van der Waals surface area contributed by atoms with Crippen LogP contribution in [0.1, 0.15) is 43.9 Å². The fraction of sp³-hybridized carbons (Fsp3) is 0.423. The number of benzene rings is 2. The molecular weight excluding hydrogens is 448 g/mol. The molecule has 1 fully saturated rings. The molecule has 0 spiro atoms. The molecule has 3 aromatic rings. The number of nitrogens with zero attached hydrogens (tertiary/aromatic N) is 2. The molecule has 0 aliphatic carbocycles. The van der Waals surface area contributed by atoms with Gasteiger partial charge in [-0.25, -0.2) is 4.79 Å². The lowest BCUT2D eigenvalue weighted by molar-refractivity contribution is -0.119.